The smallest absolute Gasteiger partial charge is 0.255 e. The molecule has 0 fully saturated rings. The fourth-order valence-electron chi connectivity index (χ4n) is 2.12. The molecule has 0 saturated heterocycles. The van der Waals surface area contributed by atoms with Crippen LogP contribution in [0.1, 0.15) is 10.4 Å². The summed E-state index contributed by atoms with van der Waals surface area (Å²) in [5.41, 5.74) is 2.14. The standard InChI is InChI=1S/C17H15N3O2/c1-22-16-8-2-5-13(11-16)17(21)19-14-6-3-7-15(12-14)20-10-4-9-18-20/h2-12H,1H3,(H,19,21). The molecule has 2 aromatic carbocycles. The topological polar surface area (TPSA) is 56.1 Å². The summed E-state index contributed by atoms with van der Waals surface area (Å²) in [6.07, 6.45) is 3.56. The molecular weight excluding hydrogens is 278 g/mol. The molecule has 1 amide bonds. The third kappa shape index (κ3) is 2.98. The first-order valence-corrected chi connectivity index (χ1v) is 6.82. The van der Waals surface area contributed by atoms with E-state index < -0.39 is 0 Å². The van der Waals surface area contributed by atoms with E-state index in [4.69, 9.17) is 4.74 Å². The maximum absolute atomic E-state index is 12.3. The second-order valence-electron chi connectivity index (χ2n) is 4.69. The van der Waals surface area contributed by atoms with Crippen molar-refractivity contribution in [3.63, 3.8) is 0 Å². The van der Waals surface area contributed by atoms with Gasteiger partial charge >= 0.3 is 0 Å². The van der Waals surface area contributed by atoms with Gasteiger partial charge < -0.3 is 10.1 Å². The Morgan fingerprint density at radius 3 is 2.77 bits per heavy atom. The third-order valence-corrected chi connectivity index (χ3v) is 3.20. The SMILES string of the molecule is COc1cccc(C(=O)Nc2cccc(-n3cccn3)c2)c1. The number of methoxy groups -OCH3 is 1. The Bertz CT molecular complexity index is 782. The summed E-state index contributed by atoms with van der Waals surface area (Å²) in [5.74, 6) is 0.467. The minimum Gasteiger partial charge on any atom is -0.497 e. The maximum atomic E-state index is 12.3. The minimum atomic E-state index is -0.184. The lowest BCUT2D eigenvalue weighted by atomic mass is 10.2. The summed E-state index contributed by atoms with van der Waals surface area (Å²) in [6.45, 7) is 0. The van der Waals surface area contributed by atoms with Gasteiger partial charge in [-0.2, -0.15) is 5.10 Å². The summed E-state index contributed by atoms with van der Waals surface area (Å²) >= 11 is 0. The molecule has 3 rings (SSSR count). The Balaban J connectivity index is 1.80. The van der Waals surface area contributed by atoms with Crippen LogP contribution in [0.3, 0.4) is 0 Å². The highest BCUT2D eigenvalue weighted by molar-refractivity contribution is 6.04. The molecule has 0 aliphatic heterocycles. The number of aromatic nitrogens is 2. The molecule has 0 spiro atoms. The fraction of sp³-hybridized carbons (Fsp3) is 0.0588. The van der Waals surface area contributed by atoms with E-state index in [0.29, 0.717) is 17.0 Å². The van der Waals surface area contributed by atoms with E-state index >= 15 is 0 Å². The van der Waals surface area contributed by atoms with Crippen molar-refractivity contribution in [2.45, 2.75) is 0 Å². The Labute approximate surface area is 128 Å². The Kier molecular flexibility index (Phi) is 3.87. The molecular formula is C17H15N3O2. The van der Waals surface area contributed by atoms with Crippen LogP contribution in [0.25, 0.3) is 5.69 Å². The van der Waals surface area contributed by atoms with Crippen molar-refractivity contribution in [3.8, 4) is 11.4 Å². The van der Waals surface area contributed by atoms with Crippen LogP contribution in [0.4, 0.5) is 5.69 Å². The first kappa shape index (κ1) is 13.9. The monoisotopic (exact) mass is 293 g/mol. The van der Waals surface area contributed by atoms with Crippen LogP contribution in [0, 0.1) is 0 Å². The van der Waals surface area contributed by atoms with E-state index in [1.54, 1.807) is 42.3 Å². The molecule has 0 saturated carbocycles. The van der Waals surface area contributed by atoms with Crippen LogP contribution in [0.15, 0.2) is 67.0 Å². The van der Waals surface area contributed by atoms with Gasteiger partial charge in [0.2, 0.25) is 0 Å². The van der Waals surface area contributed by atoms with Crippen molar-refractivity contribution in [1.29, 1.82) is 0 Å². The number of anilines is 1. The van der Waals surface area contributed by atoms with Gasteiger partial charge in [-0.1, -0.05) is 12.1 Å². The summed E-state index contributed by atoms with van der Waals surface area (Å²) in [7, 11) is 1.57. The highest BCUT2D eigenvalue weighted by Gasteiger charge is 2.08. The van der Waals surface area contributed by atoms with E-state index in [9.17, 15) is 4.79 Å². The van der Waals surface area contributed by atoms with Crippen LogP contribution in [-0.2, 0) is 0 Å². The van der Waals surface area contributed by atoms with Crippen LogP contribution >= 0.6 is 0 Å². The quantitative estimate of drug-likeness (QED) is 0.804. The summed E-state index contributed by atoms with van der Waals surface area (Å²) < 4.78 is 6.87. The predicted octanol–water partition coefficient (Wildman–Crippen LogP) is 3.13. The second-order valence-corrected chi connectivity index (χ2v) is 4.69. The average molecular weight is 293 g/mol. The van der Waals surface area contributed by atoms with Gasteiger partial charge in [0.15, 0.2) is 0 Å². The molecule has 0 aliphatic rings. The number of rotatable bonds is 4. The van der Waals surface area contributed by atoms with Gasteiger partial charge in [0.25, 0.3) is 5.91 Å². The molecule has 1 aromatic heterocycles. The van der Waals surface area contributed by atoms with Gasteiger partial charge in [0.05, 0.1) is 12.8 Å². The zero-order chi connectivity index (χ0) is 15.4. The summed E-state index contributed by atoms with van der Waals surface area (Å²) in [6, 6.07) is 16.4. The lowest BCUT2D eigenvalue weighted by molar-refractivity contribution is 0.102. The minimum absolute atomic E-state index is 0.184. The number of carbonyl (C=O) groups excluding carboxylic acids is 1. The number of amides is 1. The number of benzene rings is 2. The Hall–Kier alpha value is -3.08. The van der Waals surface area contributed by atoms with Crippen LogP contribution < -0.4 is 10.1 Å². The van der Waals surface area contributed by atoms with Crippen molar-refractivity contribution < 1.29 is 9.53 Å². The van der Waals surface area contributed by atoms with Crippen LogP contribution in [-0.4, -0.2) is 22.8 Å². The normalized spacial score (nSPS) is 10.2. The molecule has 110 valence electrons. The number of carbonyl (C=O) groups is 1. The van der Waals surface area contributed by atoms with Crippen molar-refractivity contribution >= 4 is 11.6 Å². The van der Waals surface area contributed by atoms with E-state index in [0.717, 1.165) is 5.69 Å². The van der Waals surface area contributed by atoms with Gasteiger partial charge in [-0.15, -0.1) is 0 Å². The van der Waals surface area contributed by atoms with Gasteiger partial charge in [-0.25, -0.2) is 4.68 Å². The largest absolute Gasteiger partial charge is 0.497 e. The molecule has 5 nitrogen and oxygen atoms in total. The molecule has 1 heterocycles. The van der Waals surface area contributed by atoms with E-state index in [-0.39, 0.29) is 5.91 Å². The Morgan fingerprint density at radius 1 is 1.14 bits per heavy atom. The molecule has 0 aliphatic carbocycles. The average Bonchev–Trinajstić information content (AvgIpc) is 3.10. The number of hydrogen-bond donors (Lipinski definition) is 1. The van der Waals surface area contributed by atoms with Crippen LogP contribution in [0.5, 0.6) is 5.75 Å². The summed E-state index contributed by atoms with van der Waals surface area (Å²) in [4.78, 5) is 12.3. The number of ether oxygens (including phenoxy) is 1. The Morgan fingerprint density at radius 2 is 2.00 bits per heavy atom. The molecule has 0 radical (unpaired) electrons. The second kappa shape index (κ2) is 6.13. The zero-order valence-electron chi connectivity index (χ0n) is 12.1. The van der Waals surface area contributed by atoms with Gasteiger partial charge in [-0.3, -0.25) is 4.79 Å². The zero-order valence-corrected chi connectivity index (χ0v) is 12.1. The molecule has 22 heavy (non-hydrogen) atoms. The molecule has 5 heteroatoms. The van der Waals surface area contributed by atoms with Crippen LogP contribution in [0.2, 0.25) is 0 Å². The highest BCUT2D eigenvalue weighted by Crippen LogP contribution is 2.17. The number of nitrogens with zero attached hydrogens (tertiary/aromatic N) is 2. The van der Waals surface area contributed by atoms with Gasteiger partial charge in [0.1, 0.15) is 5.75 Å². The van der Waals surface area contributed by atoms with Gasteiger partial charge in [0, 0.05) is 23.6 Å². The van der Waals surface area contributed by atoms with Gasteiger partial charge in [-0.05, 0) is 42.5 Å². The van der Waals surface area contributed by atoms with E-state index in [1.165, 1.54) is 0 Å². The number of hydrogen-bond acceptors (Lipinski definition) is 3. The van der Waals surface area contributed by atoms with Crippen molar-refractivity contribution in [1.82, 2.24) is 9.78 Å². The first-order valence-electron chi connectivity index (χ1n) is 6.82. The maximum Gasteiger partial charge on any atom is 0.255 e. The van der Waals surface area contributed by atoms with Crippen molar-refractivity contribution in [2.24, 2.45) is 0 Å². The molecule has 0 bridgehead atoms. The molecule has 3 aromatic rings. The van der Waals surface area contributed by atoms with Crippen molar-refractivity contribution in [3.05, 3.63) is 72.6 Å². The highest BCUT2D eigenvalue weighted by atomic mass is 16.5. The third-order valence-electron chi connectivity index (χ3n) is 3.20. The molecule has 0 atom stereocenters. The fourth-order valence-corrected chi connectivity index (χ4v) is 2.12. The number of nitrogens with one attached hydrogen (secondary N) is 1. The summed E-state index contributed by atoms with van der Waals surface area (Å²) in [5, 5.41) is 7.05. The van der Waals surface area contributed by atoms with Crippen molar-refractivity contribution in [2.75, 3.05) is 12.4 Å². The predicted molar refractivity (Wildman–Crippen MR) is 84.5 cm³/mol. The van der Waals surface area contributed by atoms with E-state index in [1.807, 2.05) is 36.5 Å². The molecule has 0 unspecified atom stereocenters. The molecule has 1 N–H and O–H groups in total. The van der Waals surface area contributed by atoms with E-state index in [2.05, 4.69) is 10.4 Å². The lowest BCUT2D eigenvalue weighted by Crippen LogP contribution is -2.12. The lowest BCUT2D eigenvalue weighted by Gasteiger charge is -2.08. The first-order chi connectivity index (χ1) is 10.8.